The lowest BCUT2D eigenvalue weighted by atomic mass is 9.74. The molecule has 4 aliphatic rings. The Morgan fingerprint density at radius 2 is 1.68 bits per heavy atom. The third-order valence-electron chi connectivity index (χ3n) is 6.68. The highest BCUT2D eigenvalue weighted by Gasteiger charge is 2.44. The molecule has 1 saturated carbocycles. The molecule has 0 aromatic carbocycles. The van der Waals surface area contributed by atoms with E-state index in [1.54, 1.807) is 0 Å². The van der Waals surface area contributed by atoms with Crippen LogP contribution in [0.25, 0.3) is 0 Å². The standard InChI is InChI=1S/C19H36N4O2/c1-23-6-2-8-24-15-4-5-18-17(11-15)19(22-21-18)14-10-16(13-20-12-14)25-9-3-7-23/h14-22H,2-13H2,1H3. The summed E-state index contributed by atoms with van der Waals surface area (Å²) in [7, 11) is 2.22. The predicted octanol–water partition coefficient (Wildman–Crippen LogP) is 0.737. The van der Waals surface area contributed by atoms with Crippen LogP contribution in [-0.4, -0.2) is 75.6 Å². The van der Waals surface area contributed by atoms with Crippen molar-refractivity contribution in [2.24, 2.45) is 11.8 Å². The summed E-state index contributed by atoms with van der Waals surface area (Å²) < 4.78 is 12.5. The zero-order chi connectivity index (χ0) is 17.1. The molecule has 3 aliphatic heterocycles. The van der Waals surface area contributed by atoms with Crippen LogP contribution in [0.2, 0.25) is 0 Å². The Bertz CT molecular complexity index is 424. The Morgan fingerprint density at radius 3 is 2.52 bits per heavy atom. The molecule has 25 heavy (non-hydrogen) atoms. The van der Waals surface area contributed by atoms with Gasteiger partial charge in [0.2, 0.25) is 0 Å². The van der Waals surface area contributed by atoms with Gasteiger partial charge in [0.15, 0.2) is 0 Å². The summed E-state index contributed by atoms with van der Waals surface area (Å²) in [5.41, 5.74) is 7.23. The van der Waals surface area contributed by atoms with Gasteiger partial charge in [0.25, 0.3) is 0 Å². The highest BCUT2D eigenvalue weighted by atomic mass is 16.5. The van der Waals surface area contributed by atoms with E-state index in [-0.39, 0.29) is 0 Å². The van der Waals surface area contributed by atoms with Gasteiger partial charge in [-0.2, -0.15) is 0 Å². The molecule has 6 heteroatoms. The topological polar surface area (TPSA) is 57.8 Å². The van der Waals surface area contributed by atoms with Gasteiger partial charge in [0.05, 0.1) is 12.2 Å². The van der Waals surface area contributed by atoms with E-state index in [4.69, 9.17) is 9.47 Å². The second-order valence-electron chi connectivity index (χ2n) is 8.55. The summed E-state index contributed by atoms with van der Waals surface area (Å²) in [5.74, 6) is 1.34. The average molecular weight is 353 g/mol. The number of hydrogen-bond donors (Lipinski definition) is 3. The maximum atomic E-state index is 6.27. The van der Waals surface area contributed by atoms with Crippen LogP contribution >= 0.6 is 0 Å². The van der Waals surface area contributed by atoms with Gasteiger partial charge in [0.1, 0.15) is 0 Å². The van der Waals surface area contributed by atoms with E-state index >= 15 is 0 Å². The lowest BCUT2D eigenvalue weighted by Gasteiger charge is -2.39. The molecule has 6 atom stereocenters. The van der Waals surface area contributed by atoms with Gasteiger partial charge in [0, 0.05) is 44.9 Å². The normalized spacial score (nSPS) is 44.5. The van der Waals surface area contributed by atoms with Gasteiger partial charge in [-0.1, -0.05) is 0 Å². The molecule has 3 heterocycles. The van der Waals surface area contributed by atoms with E-state index in [2.05, 4.69) is 28.1 Å². The molecule has 0 spiro atoms. The smallest absolute Gasteiger partial charge is 0.0703 e. The van der Waals surface area contributed by atoms with Crippen LogP contribution in [0.1, 0.15) is 38.5 Å². The highest BCUT2D eigenvalue weighted by molar-refractivity contribution is 5.00. The molecule has 0 amide bonds. The summed E-state index contributed by atoms with van der Waals surface area (Å²) in [6, 6.07) is 1.17. The minimum atomic E-state index is 0.369. The van der Waals surface area contributed by atoms with Gasteiger partial charge >= 0.3 is 0 Å². The molecular formula is C19H36N4O2. The second-order valence-corrected chi connectivity index (χ2v) is 8.55. The zero-order valence-electron chi connectivity index (χ0n) is 15.7. The van der Waals surface area contributed by atoms with Crippen LogP contribution in [0.15, 0.2) is 0 Å². The van der Waals surface area contributed by atoms with Gasteiger partial charge in [-0.3, -0.25) is 10.9 Å². The monoisotopic (exact) mass is 352 g/mol. The van der Waals surface area contributed by atoms with Crippen molar-refractivity contribution in [2.45, 2.75) is 62.8 Å². The largest absolute Gasteiger partial charge is 0.378 e. The summed E-state index contributed by atoms with van der Waals surface area (Å²) in [4.78, 5) is 2.41. The minimum Gasteiger partial charge on any atom is -0.378 e. The van der Waals surface area contributed by atoms with Gasteiger partial charge < -0.3 is 19.7 Å². The Morgan fingerprint density at radius 1 is 0.880 bits per heavy atom. The maximum absolute atomic E-state index is 6.27. The van der Waals surface area contributed by atoms with Crippen molar-refractivity contribution in [1.82, 2.24) is 21.1 Å². The minimum absolute atomic E-state index is 0.369. The molecule has 4 bridgehead atoms. The van der Waals surface area contributed by atoms with Crippen molar-refractivity contribution in [3.63, 3.8) is 0 Å². The van der Waals surface area contributed by atoms with E-state index in [0.717, 1.165) is 52.2 Å². The zero-order valence-corrected chi connectivity index (χ0v) is 15.7. The van der Waals surface area contributed by atoms with Crippen LogP contribution in [0, 0.1) is 11.8 Å². The van der Waals surface area contributed by atoms with Crippen LogP contribution in [0.5, 0.6) is 0 Å². The Hall–Kier alpha value is -0.240. The van der Waals surface area contributed by atoms with Crippen LogP contribution in [0.3, 0.4) is 0 Å². The van der Waals surface area contributed by atoms with Crippen molar-refractivity contribution in [3.8, 4) is 0 Å². The maximum Gasteiger partial charge on any atom is 0.0703 e. The Labute approximate surface area is 152 Å². The summed E-state index contributed by atoms with van der Waals surface area (Å²) in [5, 5.41) is 3.62. The number of hydrazine groups is 1. The molecule has 0 radical (unpaired) electrons. The van der Waals surface area contributed by atoms with Gasteiger partial charge in [-0.15, -0.1) is 0 Å². The third kappa shape index (κ3) is 4.54. The fourth-order valence-corrected chi connectivity index (χ4v) is 5.29. The molecule has 1 aliphatic carbocycles. The molecule has 6 nitrogen and oxygen atoms in total. The number of fused-ring (bicyclic) bond motifs is 4. The second kappa shape index (κ2) is 8.63. The third-order valence-corrected chi connectivity index (χ3v) is 6.68. The molecule has 4 rings (SSSR count). The molecule has 6 unspecified atom stereocenters. The SMILES string of the molecule is CN1CCCOC2CNCC(C2)C2NNC3CCC(CC32)OCCC1. The summed E-state index contributed by atoms with van der Waals surface area (Å²) >= 11 is 0. The first kappa shape index (κ1) is 18.1. The van der Waals surface area contributed by atoms with Crippen LogP contribution in [0.4, 0.5) is 0 Å². The number of piperidine rings is 1. The highest BCUT2D eigenvalue weighted by Crippen LogP contribution is 2.36. The average Bonchev–Trinajstić information content (AvgIpc) is 3.05. The first-order chi connectivity index (χ1) is 12.3. The van der Waals surface area contributed by atoms with Crippen molar-refractivity contribution in [2.75, 3.05) is 46.4 Å². The predicted molar refractivity (Wildman–Crippen MR) is 98.4 cm³/mol. The number of hydrogen-bond acceptors (Lipinski definition) is 6. The van der Waals surface area contributed by atoms with Crippen molar-refractivity contribution in [3.05, 3.63) is 0 Å². The first-order valence-corrected chi connectivity index (χ1v) is 10.4. The Kier molecular flexibility index (Phi) is 6.26. The fraction of sp³-hybridized carbons (Fsp3) is 1.00. The van der Waals surface area contributed by atoms with E-state index in [1.165, 1.54) is 25.7 Å². The number of ether oxygens (including phenoxy) is 2. The van der Waals surface area contributed by atoms with Crippen LogP contribution in [-0.2, 0) is 9.47 Å². The van der Waals surface area contributed by atoms with E-state index in [9.17, 15) is 0 Å². The molecule has 0 aromatic heterocycles. The summed E-state index contributed by atoms with van der Waals surface area (Å²) in [6.07, 6.45) is 7.89. The van der Waals surface area contributed by atoms with Crippen molar-refractivity contribution >= 4 is 0 Å². The van der Waals surface area contributed by atoms with Crippen molar-refractivity contribution in [1.29, 1.82) is 0 Å². The lowest BCUT2D eigenvalue weighted by Crippen LogP contribution is -2.50. The molecule has 4 fully saturated rings. The first-order valence-electron chi connectivity index (χ1n) is 10.4. The fourth-order valence-electron chi connectivity index (χ4n) is 5.29. The number of nitrogens with one attached hydrogen (secondary N) is 3. The molecule has 0 aromatic rings. The molecule has 144 valence electrons. The molecular weight excluding hydrogens is 316 g/mol. The number of rotatable bonds is 0. The van der Waals surface area contributed by atoms with Crippen LogP contribution < -0.4 is 16.2 Å². The van der Waals surface area contributed by atoms with E-state index in [1.807, 2.05) is 0 Å². The van der Waals surface area contributed by atoms with Gasteiger partial charge in [-0.05, 0) is 64.0 Å². The summed E-state index contributed by atoms with van der Waals surface area (Å²) in [6.45, 7) is 6.14. The molecule has 3 N–H and O–H groups in total. The quantitative estimate of drug-likeness (QED) is 0.598. The lowest BCUT2D eigenvalue weighted by molar-refractivity contribution is -0.0115. The van der Waals surface area contributed by atoms with Gasteiger partial charge in [-0.25, -0.2) is 0 Å². The number of nitrogens with zero attached hydrogens (tertiary/aromatic N) is 1. The van der Waals surface area contributed by atoms with E-state index < -0.39 is 0 Å². The Balaban J connectivity index is 1.42. The molecule has 3 saturated heterocycles. The van der Waals surface area contributed by atoms with E-state index in [0.29, 0.717) is 36.1 Å². The van der Waals surface area contributed by atoms with Crippen molar-refractivity contribution < 1.29 is 9.47 Å².